The average Bonchev–Trinajstić information content (AvgIpc) is 2.28. The van der Waals surface area contributed by atoms with Crippen molar-refractivity contribution >= 4 is 0 Å². The SMILES string of the molecule is [CH]1CCCC2CCCCCC12. The van der Waals surface area contributed by atoms with Crippen molar-refractivity contribution in [2.24, 2.45) is 11.8 Å². The van der Waals surface area contributed by atoms with Crippen LogP contribution in [0.4, 0.5) is 0 Å². The molecule has 11 heavy (non-hydrogen) atoms. The number of hydrogen-bond acceptors (Lipinski definition) is 0. The Morgan fingerprint density at radius 1 is 0.818 bits per heavy atom. The third kappa shape index (κ3) is 1.77. The van der Waals surface area contributed by atoms with Gasteiger partial charge in [0.2, 0.25) is 0 Å². The van der Waals surface area contributed by atoms with E-state index in [1.165, 1.54) is 51.4 Å². The lowest BCUT2D eigenvalue weighted by Crippen LogP contribution is -2.18. The van der Waals surface area contributed by atoms with E-state index >= 15 is 0 Å². The molecule has 0 bridgehead atoms. The van der Waals surface area contributed by atoms with Crippen molar-refractivity contribution in [1.29, 1.82) is 0 Å². The van der Waals surface area contributed by atoms with Crippen molar-refractivity contribution < 1.29 is 0 Å². The van der Waals surface area contributed by atoms with Crippen molar-refractivity contribution in [3.8, 4) is 0 Å². The molecule has 2 aliphatic carbocycles. The minimum atomic E-state index is 1.02. The molecule has 2 atom stereocenters. The minimum absolute atomic E-state index is 1.02. The normalized spacial score (nSPS) is 39.3. The molecule has 0 aromatic rings. The van der Waals surface area contributed by atoms with Crippen LogP contribution < -0.4 is 0 Å². The van der Waals surface area contributed by atoms with Crippen LogP contribution in [0.15, 0.2) is 0 Å². The Morgan fingerprint density at radius 3 is 2.64 bits per heavy atom. The van der Waals surface area contributed by atoms with E-state index in [0.717, 1.165) is 11.8 Å². The zero-order valence-corrected chi connectivity index (χ0v) is 7.39. The Balaban J connectivity index is 1.93. The highest BCUT2D eigenvalue weighted by Gasteiger charge is 2.25. The fourth-order valence-corrected chi connectivity index (χ4v) is 2.79. The van der Waals surface area contributed by atoms with Crippen molar-refractivity contribution in [2.45, 2.75) is 51.4 Å². The first-order valence-electron chi connectivity index (χ1n) is 5.30. The van der Waals surface area contributed by atoms with Gasteiger partial charge in [-0.15, -0.1) is 0 Å². The molecule has 0 amide bonds. The molecule has 2 unspecified atom stereocenters. The van der Waals surface area contributed by atoms with E-state index in [-0.39, 0.29) is 0 Å². The van der Waals surface area contributed by atoms with Gasteiger partial charge in [0.1, 0.15) is 0 Å². The molecule has 0 aromatic heterocycles. The van der Waals surface area contributed by atoms with Gasteiger partial charge in [-0.3, -0.25) is 0 Å². The monoisotopic (exact) mass is 151 g/mol. The van der Waals surface area contributed by atoms with Crippen LogP contribution in [0.3, 0.4) is 0 Å². The molecular weight excluding hydrogens is 132 g/mol. The Morgan fingerprint density at radius 2 is 1.64 bits per heavy atom. The molecule has 0 nitrogen and oxygen atoms in total. The molecule has 0 N–H and O–H groups in total. The number of rotatable bonds is 0. The number of fused-ring (bicyclic) bond motifs is 1. The van der Waals surface area contributed by atoms with Gasteiger partial charge in [0, 0.05) is 0 Å². The lowest BCUT2D eigenvalue weighted by Gasteiger charge is -2.29. The highest BCUT2D eigenvalue weighted by atomic mass is 14.3. The Bertz CT molecular complexity index is 103. The fourth-order valence-electron chi connectivity index (χ4n) is 2.79. The van der Waals surface area contributed by atoms with E-state index in [9.17, 15) is 0 Å². The second-order valence-corrected chi connectivity index (χ2v) is 4.23. The predicted molar refractivity (Wildman–Crippen MR) is 48.2 cm³/mol. The Kier molecular flexibility index (Phi) is 2.50. The maximum absolute atomic E-state index is 2.61. The standard InChI is InChI=1S/C11H19/c1-2-6-10-8-4-5-9-11(10)7-3-1/h8,10-11H,1-7,9H2. The van der Waals surface area contributed by atoms with Gasteiger partial charge in [-0.25, -0.2) is 0 Å². The average molecular weight is 151 g/mol. The van der Waals surface area contributed by atoms with Gasteiger partial charge in [0.15, 0.2) is 0 Å². The van der Waals surface area contributed by atoms with Crippen LogP contribution >= 0.6 is 0 Å². The van der Waals surface area contributed by atoms with E-state index < -0.39 is 0 Å². The third-order valence-electron chi connectivity index (χ3n) is 3.47. The van der Waals surface area contributed by atoms with Gasteiger partial charge in [0.25, 0.3) is 0 Å². The van der Waals surface area contributed by atoms with Crippen molar-refractivity contribution in [3.05, 3.63) is 6.42 Å². The van der Waals surface area contributed by atoms with Crippen LogP contribution in [-0.2, 0) is 0 Å². The van der Waals surface area contributed by atoms with E-state index in [0.29, 0.717) is 0 Å². The minimum Gasteiger partial charge on any atom is -0.0533 e. The van der Waals surface area contributed by atoms with Gasteiger partial charge in [-0.05, 0) is 31.1 Å². The van der Waals surface area contributed by atoms with E-state index in [1.807, 2.05) is 0 Å². The molecule has 0 heterocycles. The van der Waals surface area contributed by atoms with Crippen LogP contribution in [0, 0.1) is 18.3 Å². The van der Waals surface area contributed by atoms with Gasteiger partial charge < -0.3 is 0 Å². The maximum atomic E-state index is 2.61. The number of hydrogen-bond donors (Lipinski definition) is 0. The van der Waals surface area contributed by atoms with E-state index in [1.54, 1.807) is 0 Å². The molecule has 1 radical (unpaired) electrons. The molecule has 63 valence electrons. The highest BCUT2D eigenvalue weighted by molar-refractivity contribution is 4.88. The Labute approximate surface area is 70.4 Å². The fraction of sp³-hybridized carbons (Fsp3) is 0.909. The summed E-state index contributed by atoms with van der Waals surface area (Å²) in [6.45, 7) is 0. The summed E-state index contributed by atoms with van der Waals surface area (Å²) in [5.41, 5.74) is 0. The van der Waals surface area contributed by atoms with Crippen LogP contribution in [-0.4, -0.2) is 0 Å². The van der Waals surface area contributed by atoms with Crippen LogP contribution in [0.25, 0.3) is 0 Å². The smallest absolute Gasteiger partial charge is 0.0352 e. The molecule has 0 aliphatic heterocycles. The molecule has 2 fully saturated rings. The predicted octanol–water partition coefficient (Wildman–Crippen LogP) is 3.57. The third-order valence-corrected chi connectivity index (χ3v) is 3.47. The van der Waals surface area contributed by atoms with Gasteiger partial charge in [-0.2, -0.15) is 0 Å². The first kappa shape index (κ1) is 7.64. The summed E-state index contributed by atoms with van der Waals surface area (Å²) in [5, 5.41) is 0. The molecule has 0 aromatic carbocycles. The van der Waals surface area contributed by atoms with Crippen LogP contribution in [0.1, 0.15) is 51.4 Å². The molecule has 0 spiro atoms. The highest BCUT2D eigenvalue weighted by Crippen LogP contribution is 2.38. The molecule has 2 aliphatic rings. The van der Waals surface area contributed by atoms with Crippen molar-refractivity contribution in [3.63, 3.8) is 0 Å². The van der Waals surface area contributed by atoms with Gasteiger partial charge in [-0.1, -0.05) is 38.5 Å². The zero-order valence-electron chi connectivity index (χ0n) is 7.39. The molecular formula is C11H19. The molecule has 2 saturated carbocycles. The topological polar surface area (TPSA) is 0 Å². The maximum Gasteiger partial charge on any atom is -0.0352 e. The van der Waals surface area contributed by atoms with Gasteiger partial charge >= 0.3 is 0 Å². The summed E-state index contributed by atoms with van der Waals surface area (Å²) in [5.74, 6) is 2.11. The van der Waals surface area contributed by atoms with Crippen molar-refractivity contribution in [1.82, 2.24) is 0 Å². The molecule has 0 heteroatoms. The second-order valence-electron chi connectivity index (χ2n) is 4.23. The second kappa shape index (κ2) is 3.60. The first-order chi connectivity index (χ1) is 5.47. The van der Waals surface area contributed by atoms with Gasteiger partial charge in [0.05, 0.1) is 0 Å². The quantitative estimate of drug-likeness (QED) is 0.496. The van der Waals surface area contributed by atoms with Crippen LogP contribution in [0.2, 0.25) is 0 Å². The lowest BCUT2D eigenvalue weighted by atomic mass is 9.77. The zero-order chi connectivity index (χ0) is 7.52. The summed E-state index contributed by atoms with van der Waals surface area (Å²) in [4.78, 5) is 0. The first-order valence-corrected chi connectivity index (χ1v) is 5.30. The van der Waals surface area contributed by atoms with E-state index in [2.05, 4.69) is 6.42 Å². The summed E-state index contributed by atoms with van der Waals surface area (Å²) in [7, 11) is 0. The largest absolute Gasteiger partial charge is 0.0533 e. The summed E-state index contributed by atoms with van der Waals surface area (Å²) >= 11 is 0. The summed E-state index contributed by atoms with van der Waals surface area (Å²) in [6, 6.07) is 0. The lowest BCUT2D eigenvalue weighted by molar-refractivity contribution is 0.282. The van der Waals surface area contributed by atoms with E-state index in [4.69, 9.17) is 0 Å². The Hall–Kier alpha value is 0. The molecule has 2 rings (SSSR count). The van der Waals surface area contributed by atoms with Crippen LogP contribution in [0.5, 0.6) is 0 Å². The van der Waals surface area contributed by atoms with Crippen molar-refractivity contribution in [2.75, 3.05) is 0 Å². The summed E-state index contributed by atoms with van der Waals surface area (Å²) < 4.78 is 0. The summed E-state index contributed by atoms with van der Waals surface area (Å²) in [6.07, 6.45) is 14.6. The molecule has 0 saturated heterocycles.